The van der Waals surface area contributed by atoms with Crippen LogP contribution < -0.4 is 20.3 Å². The molecule has 3 N–H and O–H groups in total. The van der Waals surface area contributed by atoms with Gasteiger partial charge >= 0.3 is 0 Å². The second-order valence-corrected chi connectivity index (χ2v) is 11.4. The Labute approximate surface area is 258 Å². The summed E-state index contributed by atoms with van der Waals surface area (Å²) in [6, 6.07) is 21.4. The summed E-state index contributed by atoms with van der Waals surface area (Å²) in [6.07, 6.45) is 4.66. The number of methoxy groups -OCH3 is 1. The van der Waals surface area contributed by atoms with Crippen LogP contribution in [0.15, 0.2) is 72.9 Å². The number of nitrogens with one attached hydrogen (secondary N) is 2. The maximum atomic E-state index is 11.5. The Kier molecular flexibility index (Phi) is 8.90. The highest BCUT2D eigenvalue weighted by molar-refractivity contribution is 5.86. The fourth-order valence-corrected chi connectivity index (χ4v) is 6.00. The summed E-state index contributed by atoms with van der Waals surface area (Å²) in [6.45, 7) is 6.68. The maximum absolute atomic E-state index is 11.5. The van der Waals surface area contributed by atoms with Gasteiger partial charge in [-0.05, 0) is 61.9 Å². The number of carbonyl (C=O) groups excluding carboxylic acids is 1. The molecule has 2 aliphatic heterocycles. The number of hydrogen-bond acceptors (Lipinski definition) is 10. The average molecular weight is 594 g/mol. The zero-order valence-corrected chi connectivity index (χ0v) is 25.2. The zero-order valence-electron chi connectivity index (χ0n) is 25.2. The molecule has 0 bridgehead atoms. The SMILES string of the molecule is COc1cc(N2CCC(N3CCN(C)CC3)CC2)ccc1Nc1ncc(-c2ccc(O)c(C=O)c2)c(Nc2ccccc2)n1. The van der Waals surface area contributed by atoms with E-state index >= 15 is 0 Å². The van der Waals surface area contributed by atoms with Crippen LogP contribution >= 0.6 is 0 Å². The van der Waals surface area contributed by atoms with Crippen LogP contribution in [0.1, 0.15) is 23.2 Å². The molecule has 1 aromatic heterocycles. The van der Waals surface area contributed by atoms with Crippen molar-refractivity contribution in [3.8, 4) is 22.6 Å². The molecule has 4 aromatic rings. The van der Waals surface area contributed by atoms with E-state index in [4.69, 9.17) is 9.72 Å². The predicted molar refractivity (Wildman–Crippen MR) is 175 cm³/mol. The Balaban J connectivity index is 1.21. The van der Waals surface area contributed by atoms with E-state index in [0.29, 0.717) is 41.0 Å². The van der Waals surface area contributed by atoms with Gasteiger partial charge < -0.3 is 30.3 Å². The van der Waals surface area contributed by atoms with Crippen molar-refractivity contribution in [2.45, 2.75) is 18.9 Å². The number of piperidine rings is 1. The van der Waals surface area contributed by atoms with Crippen LogP contribution in [0, 0.1) is 0 Å². The predicted octanol–water partition coefficient (Wildman–Crippen LogP) is 5.37. The van der Waals surface area contributed by atoms with E-state index in [9.17, 15) is 9.90 Å². The van der Waals surface area contributed by atoms with Crippen molar-refractivity contribution < 1.29 is 14.6 Å². The third-order valence-electron chi connectivity index (χ3n) is 8.61. The van der Waals surface area contributed by atoms with Crippen LogP contribution in [0.3, 0.4) is 0 Å². The highest BCUT2D eigenvalue weighted by Crippen LogP contribution is 2.35. The Morgan fingerprint density at radius 2 is 1.70 bits per heavy atom. The number of phenolic OH excluding ortho intramolecular Hbond substituents is 1. The second kappa shape index (κ2) is 13.3. The number of carbonyl (C=O) groups is 1. The van der Waals surface area contributed by atoms with Gasteiger partial charge in [-0.2, -0.15) is 4.98 Å². The fourth-order valence-electron chi connectivity index (χ4n) is 6.00. The summed E-state index contributed by atoms with van der Waals surface area (Å²) in [5, 5.41) is 16.7. The summed E-state index contributed by atoms with van der Waals surface area (Å²) < 4.78 is 5.80. The molecule has 44 heavy (non-hydrogen) atoms. The van der Waals surface area contributed by atoms with Crippen molar-refractivity contribution in [2.24, 2.45) is 0 Å². The van der Waals surface area contributed by atoms with E-state index in [2.05, 4.69) is 49.5 Å². The van der Waals surface area contributed by atoms with Crippen LogP contribution in [0.4, 0.5) is 28.8 Å². The third kappa shape index (κ3) is 6.61. The molecule has 0 amide bonds. The van der Waals surface area contributed by atoms with E-state index in [0.717, 1.165) is 56.3 Å². The zero-order chi connectivity index (χ0) is 30.5. The molecule has 3 heterocycles. The standard InChI is InChI=1S/C34H39N7O3/c1-39-16-18-41(19-17-39)27-12-14-40(15-13-27)28-9-10-30(32(21-28)44-2)37-34-35-22-29(24-8-11-31(43)25(20-24)23-42)33(38-34)36-26-6-4-3-5-7-26/h3-11,20-23,27,43H,12-19H2,1-2H3,(H2,35,36,37,38). The fraction of sp³-hybridized carbons (Fsp3) is 0.324. The van der Waals surface area contributed by atoms with Crippen LogP contribution in [0.5, 0.6) is 11.5 Å². The summed E-state index contributed by atoms with van der Waals surface area (Å²) in [7, 11) is 3.88. The van der Waals surface area contributed by atoms with Gasteiger partial charge in [0, 0.05) is 74.5 Å². The minimum absolute atomic E-state index is 0.0736. The molecule has 2 aliphatic rings. The summed E-state index contributed by atoms with van der Waals surface area (Å²) in [5.41, 5.74) is 4.34. The Morgan fingerprint density at radius 1 is 0.932 bits per heavy atom. The molecule has 0 spiro atoms. The van der Waals surface area contributed by atoms with Gasteiger partial charge in [-0.25, -0.2) is 4.98 Å². The van der Waals surface area contributed by atoms with Gasteiger partial charge in [-0.15, -0.1) is 0 Å². The number of benzene rings is 3. The third-order valence-corrected chi connectivity index (χ3v) is 8.61. The lowest BCUT2D eigenvalue weighted by Crippen LogP contribution is -2.52. The van der Waals surface area contributed by atoms with E-state index in [1.54, 1.807) is 25.4 Å². The number of piperazine rings is 1. The normalized spacial score (nSPS) is 16.5. The molecule has 0 atom stereocenters. The van der Waals surface area contributed by atoms with Crippen molar-refractivity contribution in [1.29, 1.82) is 0 Å². The van der Waals surface area contributed by atoms with E-state index in [-0.39, 0.29) is 11.3 Å². The largest absolute Gasteiger partial charge is 0.507 e. The molecule has 2 saturated heterocycles. The first-order valence-electron chi connectivity index (χ1n) is 15.1. The van der Waals surface area contributed by atoms with Crippen LogP contribution in [-0.2, 0) is 0 Å². The summed E-state index contributed by atoms with van der Waals surface area (Å²) >= 11 is 0. The lowest BCUT2D eigenvalue weighted by Gasteiger charge is -2.42. The molecule has 0 radical (unpaired) electrons. The van der Waals surface area contributed by atoms with Crippen LogP contribution in [0.2, 0.25) is 0 Å². The first-order chi connectivity index (χ1) is 21.5. The van der Waals surface area contributed by atoms with E-state index in [1.165, 1.54) is 18.9 Å². The van der Waals surface area contributed by atoms with E-state index < -0.39 is 0 Å². The van der Waals surface area contributed by atoms with Gasteiger partial charge in [0.1, 0.15) is 17.3 Å². The van der Waals surface area contributed by atoms with Crippen molar-refractivity contribution in [2.75, 3.05) is 69.0 Å². The van der Waals surface area contributed by atoms with Crippen molar-refractivity contribution in [1.82, 2.24) is 19.8 Å². The molecule has 10 heteroatoms. The van der Waals surface area contributed by atoms with Gasteiger partial charge in [0.25, 0.3) is 0 Å². The number of aldehydes is 1. The monoisotopic (exact) mass is 593 g/mol. The van der Waals surface area contributed by atoms with E-state index in [1.807, 2.05) is 36.4 Å². The highest BCUT2D eigenvalue weighted by Gasteiger charge is 2.27. The van der Waals surface area contributed by atoms with Gasteiger partial charge in [0.05, 0.1) is 18.4 Å². The Morgan fingerprint density at radius 3 is 2.43 bits per heavy atom. The van der Waals surface area contributed by atoms with Gasteiger partial charge in [0.2, 0.25) is 5.95 Å². The van der Waals surface area contributed by atoms with Crippen LogP contribution in [0.25, 0.3) is 11.1 Å². The van der Waals surface area contributed by atoms with Gasteiger partial charge in [-0.3, -0.25) is 9.69 Å². The van der Waals surface area contributed by atoms with Crippen molar-refractivity contribution in [3.63, 3.8) is 0 Å². The first-order valence-corrected chi connectivity index (χ1v) is 15.1. The highest BCUT2D eigenvalue weighted by atomic mass is 16.5. The van der Waals surface area contributed by atoms with Gasteiger partial charge in [0.15, 0.2) is 6.29 Å². The lowest BCUT2D eigenvalue weighted by atomic mass is 10.0. The number of nitrogens with zero attached hydrogens (tertiary/aromatic N) is 5. The van der Waals surface area contributed by atoms with Crippen LogP contribution in [-0.4, -0.2) is 90.6 Å². The summed E-state index contributed by atoms with van der Waals surface area (Å²) in [5.74, 6) is 1.58. The number of phenols is 1. The molecule has 228 valence electrons. The van der Waals surface area contributed by atoms with Crippen molar-refractivity contribution >= 4 is 35.1 Å². The first kappa shape index (κ1) is 29.4. The average Bonchev–Trinajstić information content (AvgIpc) is 3.06. The molecule has 0 unspecified atom stereocenters. The quantitative estimate of drug-likeness (QED) is 0.219. The molecule has 6 rings (SSSR count). The molecular formula is C34H39N7O3. The number of aromatic hydroxyl groups is 1. The number of ether oxygens (including phenoxy) is 1. The molecular weight excluding hydrogens is 554 g/mol. The molecule has 2 fully saturated rings. The molecule has 10 nitrogen and oxygen atoms in total. The topological polar surface area (TPSA) is 106 Å². The van der Waals surface area contributed by atoms with Gasteiger partial charge in [-0.1, -0.05) is 24.3 Å². The minimum atomic E-state index is -0.0736. The van der Waals surface area contributed by atoms with Crippen molar-refractivity contribution in [3.05, 3.63) is 78.5 Å². The number of aromatic nitrogens is 2. The minimum Gasteiger partial charge on any atom is -0.507 e. The number of anilines is 5. The smallest absolute Gasteiger partial charge is 0.229 e. The molecule has 0 aliphatic carbocycles. The summed E-state index contributed by atoms with van der Waals surface area (Å²) in [4.78, 5) is 28.4. The molecule has 3 aromatic carbocycles. The Hall–Kier alpha value is -4.67. The Bertz CT molecular complexity index is 1580. The number of likely N-dealkylation sites (N-methyl/N-ethyl adjacent to an activating group) is 1. The second-order valence-electron chi connectivity index (χ2n) is 11.4. The number of para-hydroxylation sites is 1. The maximum Gasteiger partial charge on any atom is 0.229 e. The molecule has 0 saturated carbocycles. The lowest BCUT2D eigenvalue weighted by molar-refractivity contribution is 0.0982. The number of rotatable bonds is 9. The number of hydrogen-bond donors (Lipinski definition) is 3.